The van der Waals surface area contributed by atoms with Gasteiger partial charge in [0.1, 0.15) is 18.0 Å². The van der Waals surface area contributed by atoms with Crippen LogP contribution in [0.4, 0.5) is 11.6 Å². The van der Waals surface area contributed by atoms with E-state index in [1.807, 2.05) is 0 Å². The average Bonchev–Trinajstić information content (AvgIpc) is 2.06. The summed E-state index contributed by atoms with van der Waals surface area (Å²) in [7, 11) is 0. The molecule has 8 heteroatoms. The summed E-state index contributed by atoms with van der Waals surface area (Å²) >= 11 is 0. The molecule has 8 nitrogen and oxygen atoms in total. The molecule has 0 amide bonds. The van der Waals surface area contributed by atoms with Crippen LogP contribution in [0, 0.1) is 0 Å². The molecule has 0 fully saturated rings. The van der Waals surface area contributed by atoms with Gasteiger partial charge in [-0.2, -0.15) is 0 Å². The molecule has 12 heavy (non-hydrogen) atoms. The molecular formula is C4H2N8. The van der Waals surface area contributed by atoms with E-state index in [1.165, 1.54) is 6.07 Å². The van der Waals surface area contributed by atoms with Crippen molar-refractivity contribution in [1.82, 2.24) is 9.97 Å². The Morgan fingerprint density at radius 1 is 1.08 bits per heavy atom. The van der Waals surface area contributed by atoms with Crippen molar-refractivity contribution in [3.8, 4) is 0 Å². The minimum atomic E-state index is 0.120. The largest absolute Gasteiger partial charge is 0.235 e. The molecule has 0 bridgehead atoms. The molecule has 1 heterocycles. The Labute approximate surface area is 66.1 Å². The van der Waals surface area contributed by atoms with Gasteiger partial charge in [-0.1, -0.05) is 0 Å². The van der Waals surface area contributed by atoms with Gasteiger partial charge in [-0.05, 0) is 27.4 Å². The zero-order chi connectivity index (χ0) is 8.81. The van der Waals surface area contributed by atoms with Gasteiger partial charge in [0.2, 0.25) is 0 Å². The van der Waals surface area contributed by atoms with Gasteiger partial charge in [-0.3, -0.25) is 0 Å². The van der Waals surface area contributed by atoms with E-state index < -0.39 is 0 Å². The summed E-state index contributed by atoms with van der Waals surface area (Å²) < 4.78 is 0. The van der Waals surface area contributed by atoms with Crippen LogP contribution in [0.15, 0.2) is 22.6 Å². The molecule has 0 aliphatic heterocycles. The summed E-state index contributed by atoms with van der Waals surface area (Å²) in [5.41, 5.74) is 16.1. The Kier molecular flexibility index (Phi) is 2.45. The highest BCUT2D eigenvalue weighted by Crippen LogP contribution is 2.13. The Morgan fingerprint density at radius 2 is 1.58 bits per heavy atom. The maximum atomic E-state index is 8.03. The Hall–Kier alpha value is -2.30. The third-order valence-electron chi connectivity index (χ3n) is 0.933. The average molecular weight is 162 g/mol. The molecular weight excluding hydrogens is 160 g/mol. The van der Waals surface area contributed by atoms with Crippen molar-refractivity contribution in [2.75, 3.05) is 0 Å². The maximum Gasteiger partial charge on any atom is 0.130 e. The van der Waals surface area contributed by atoms with E-state index in [2.05, 4.69) is 30.0 Å². The second-order valence-electron chi connectivity index (χ2n) is 1.61. The van der Waals surface area contributed by atoms with Crippen LogP contribution in [0.3, 0.4) is 0 Å². The number of nitrogens with zero attached hydrogens (tertiary/aromatic N) is 8. The molecule has 0 atom stereocenters. The predicted molar refractivity (Wildman–Crippen MR) is 39.6 cm³/mol. The zero-order valence-corrected chi connectivity index (χ0v) is 5.73. The van der Waals surface area contributed by atoms with Crippen LogP contribution >= 0.6 is 0 Å². The lowest BCUT2D eigenvalue weighted by molar-refractivity contribution is 1.13. The summed E-state index contributed by atoms with van der Waals surface area (Å²) in [6.45, 7) is 0. The minimum Gasteiger partial charge on any atom is -0.235 e. The fourth-order valence-corrected chi connectivity index (χ4v) is 0.538. The lowest BCUT2D eigenvalue weighted by atomic mass is 10.5. The second kappa shape index (κ2) is 3.77. The first kappa shape index (κ1) is 7.80. The number of hydrogen-bond donors (Lipinski definition) is 0. The summed E-state index contributed by atoms with van der Waals surface area (Å²) in [5.74, 6) is 0.241. The van der Waals surface area contributed by atoms with Crippen LogP contribution in [0.5, 0.6) is 0 Å². The normalized spacial score (nSPS) is 8.00. The summed E-state index contributed by atoms with van der Waals surface area (Å²) in [5, 5.41) is 6.39. The van der Waals surface area contributed by atoms with E-state index in [4.69, 9.17) is 11.1 Å². The highest BCUT2D eigenvalue weighted by atomic mass is 15.2. The van der Waals surface area contributed by atoms with Gasteiger partial charge in [-0.15, -0.1) is 0 Å². The standard InChI is InChI=1S/C4H2N8/c5-11-9-3-1-4(10-12-6)8-2-7-3/h1-2H. The molecule has 0 radical (unpaired) electrons. The molecule has 0 spiro atoms. The lowest BCUT2D eigenvalue weighted by Crippen LogP contribution is -1.75. The second-order valence-corrected chi connectivity index (χ2v) is 1.61. The van der Waals surface area contributed by atoms with Crippen LogP contribution in [-0.2, 0) is 0 Å². The Morgan fingerprint density at radius 3 is 2.00 bits per heavy atom. The third kappa shape index (κ3) is 1.84. The number of aromatic nitrogens is 2. The number of azide groups is 2. The van der Waals surface area contributed by atoms with E-state index >= 15 is 0 Å². The molecule has 0 aromatic carbocycles. The van der Waals surface area contributed by atoms with Crippen LogP contribution in [0.2, 0.25) is 0 Å². The highest BCUT2D eigenvalue weighted by Gasteiger charge is 1.92. The fraction of sp³-hybridized carbons (Fsp3) is 0. The monoisotopic (exact) mass is 162 g/mol. The molecule has 1 aromatic rings. The SMILES string of the molecule is [N-]=[N+]=Nc1cc(N=[N+]=[N-])ncn1. The van der Waals surface area contributed by atoms with Gasteiger partial charge in [0.15, 0.2) is 0 Å². The van der Waals surface area contributed by atoms with Crippen LogP contribution in [-0.4, -0.2) is 9.97 Å². The van der Waals surface area contributed by atoms with E-state index in [0.717, 1.165) is 6.33 Å². The third-order valence-corrected chi connectivity index (χ3v) is 0.933. The molecule has 0 saturated carbocycles. The lowest BCUT2D eigenvalue weighted by Gasteiger charge is -1.89. The smallest absolute Gasteiger partial charge is 0.130 e. The Balaban J connectivity index is 3.11. The number of rotatable bonds is 2. The molecule has 0 saturated heterocycles. The topological polar surface area (TPSA) is 123 Å². The van der Waals surface area contributed by atoms with Gasteiger partial charge in [0, 0.05) is 9.82 Å². The molecule has 0 aliphatic rings. The van der Waals surface area contributed by atoms with Gasteiger partial charge >= 0.3 is 0 Å². The molecule has 58 valence electrons. The first-order valence-corrected chi connectivity index (χ1v) is 2.79. The van der Waals surface area contributed by atoms with Gasteiger partial charge in [-0.25, -0.2) is 9.97 Å². The predicted octanol–water partition coefficient (Wildman–Crippen LogP) is 2.36. The number of hydrogen-bond acceptors (Lipinski definition) is 4. The van der Waals surface area contributed by atoms with E-state index in [1.54, 1.807) is 0 Å². The van der Waals surface area contributed by atoms with Crippen molar-refractivity contribution in [3.05, 3.63) is 33.3 Å². The van der Waals surface area contributed by atoms with Crippen LogP contribution in [0.1, 0.15) is 0 Å². The van der Waals surface area contributed by atoms with Crippen molar-refractivity contribution < 1.29 is 0 Å². The van der Waals surface area contributed by atoms with E-state index in [9.17, 15) is 0 Å². The van der Waals surface area contributed by atoms with Gasteiger partial charge in [0.25, 0.3) is 0 Å². The van der Waals surface area contributed by atoms with Crippen LogP contribution < -0.4 is 0 Å². The van der Waals surface area contributed by atoms with Crippen molar-refractivity contribution in [3.63, 3.8) is 0 Å². The first-order valence-electron chi connectivity index (χ1n) is 2.79. The maximum absolute atomic E-state index is 8.03. The van der Waals surface area contributed by atoms with Crippen molar-refractivity contribution in [2.45, 2.75) is 0 Å². The van der Waals surface area contributed by atoms with Crippen molar-refractivity contribution >= 4 is 11.6 Å². The highest BCUT2D eigenvalue weighted by molar-refractivity contribution is 5.37. The van der Waals surface area contributed by atoms with E-state index in [-0.39, 0.29) is 11.6 Å². The zero-order valence-electron chi connectivity index (χ0n) is 5.73. The van der Waals surface area contributed by atoms with Crippen LogP contribution in [0.25, 0.3) is 20.9 Å². The quantitative estimate of drug-likeness (QED) is 0.376. The molecule has 1 rings (SSSR count). The van der Waals surface area contributed by atoms with Gasteiger partial charge in [0.05, 0.1) is 0 Å². The fourth-order valence-electron chi connectivity index (χ4n) is 0.538. The molecule has 0 aliphatic carbocycles. The first-order chi connectivity index (χ1) is 5.86. The van der Waals surface area contributed by atoms with Crippen molar-refractivity contribution in [2.24, 2.45) is 10.2 Å². The summed E-state index contributed by atoms with van der Waals surface area (Å²) in [4.78, 5) is 12.2. The Bertz CT molecular complexity index is 337. The minimum absolute atomic E-state index is 0.120. The van der Waals surface area contributed by atoms with Gasteiger partial charge < -0.3 is 0 Å². The molecule has 1 aromatic heterocycles. The summed E-state index contributed by atoms with van der Waals surface area (Å²) in [6, 6.07) is 1.28. The molecule has 0 N–H and O–H groups in total. The van der Waals surface area contributed by atoms with E-state index in [0.29, 0.717) is 0 Å². The molecule has 0 unspecified atom stereocenters. The summed E-state index contributed by atoms with van der Waals surface area (Å²) in [6.07, 6.45) is 1.15. The van der Waals surface area contributed by atoms with Crippen molar-refractivity contribution in [1.29, 1.82) is 0 Å².